The maximum absolute atomic E-state index is 13.1. The van der Waals surface area contributed by atoms with Gasteiger partial charge in [-0.05, 0) is 36.2 Å². The third kappa shape index (κ3) is 2.46. The zero-order chi connectivity index (χ0) is 18.3. The van der Waals surface area contributed by atoms with Crippen LogP contribution in [-0.4, -0.2) is 34.2 Å². The van der Waals surface area contributed by atoms with Gasteiger partial charge >= 0.3 is 0 Å². The standard InChI is InChI=1S/C20H17NO5/c22-10-4-9-21-17(12-5-3-6-13(23)11-12)16-18(24)14-7-1-2-8-15(14)26-19(16)20(21)25/h1-3,5-8,11,17,22-23H,4,9-10H2. The van der Waals surface area contributed by atoms with Crippen molar-refractivity contribution in [3.8, 4) is 5.75 Å². The number of amides is 1. The molecule has 4 rings (SSSR count). The van der Waals surface area contributed by atoms with Gasteiger partial charge in [0.1, 0.15) is 11.3 Å². The van der Waals surface area contributed by atoms with Gasteiger partial charge in [0.15, 0.2) is 5.43 Å². The third-order valence-corrected chi connectivity index (χ3v) is 4.62. The minimum Gasteiger partial charge on any atom is -0.508 e. The molecule has 1 aliphatic heterocycles. The van der Waals surface area contributed by atoms with Gasteiger partial charge in [-0.1, -0.05) is 24.3 Å². The van der Waals surface area contributed by atoms with Gasteiger partial charge in [0.2, 0.25) is 5.76 Å². The molecule has 2 aromatic carbocycles. The molecular weight excluding hydrogens is 334 g/mol. The second-order valence-electron chi connectivity index (χ2n) is 6.24. The Labute approximate surface area is 148 Å². The van der Waals surface area contributed by atoms with Crippen LogP contribution in [-0.2, 0) is 0 Å². The highest BCUT2D eigenvalue weighted by molar-refractivity contribution is 5.99. The molecule has 132 valence electrons. The number of hydrogen-bond acceptors (Lipinski definition) is 5. The maximum Gasteiger partial charge on any atom is 0.290 e. The number of phenols is 1. The summed E-state index contributed by atoms with van der Waals surface area (Å²) in [6.07, 6.45) is 0.378. The van der Waals surface area contributed by atoms with Crippen LogP contribution in [0.25, 0.3) is 11.0 Å². The van der Waals surface area contributed by atoms with Gasteiger partial charge in [-0.15, -0.1) is 0 Å². The summed E-state index contributed by atoms with van der Waals surface area (Å²) in [5.41, 5.74) is 1.01. The molecule has 0 saturated carbocycles. The number of phenolic OH excluding ortho intramolecular Hbond substituents is 1. The number of hydrogen-bond donors (Lipinski definition) is 2. The van der Waals surface area contributed by atoms with Crippen LogP contribution < -0.4 is 5.43 Å². The van der Waals surface area contributed by atoms with Crippen LogP contribution in [0.1, 0.15) is 34.1 Å². The lowest BCUT2D eigenvalue weighted by molar-refractivity contribution is 0.0716. The van der Waals surface area contributed by atoms with Crippen molar-refractivity contribution < 1.29 is 19.4 Å². The van der Waals surface area contributed by atoms with E-state index in [9.17, 15) is 19.8 Å². The van der Waals surface area contributed by atoms with Crippen LogP contribution in [0, 0.1) is 0 Å². The van der Waals surface area contributed by atoms with E-state index in [2.05, 4.69) is 0 Å². The number of aliphatic hydroxyl groups is 1. The van der Waals surface area contributed by atoms with Gasteiger partial charge in [0, 0.05) is 13.2 Å². The first-order chi connectivity index (χ1) is 12.6. The molecule has 0 aliphatic carbocycles. The van der Waals surface area contributed by atoms with Crippen molar-refractivity contribution in [1.29, 1.82) is 0 Å². The molecule has 1 aromatic heterocycles. The Morgan fingerprint density at radius 2 is 1.88 bits per heavy atom. The fraction of sp³-hybridized carbons (Fsp3) is 0.200. The summed E-state index contributed by atoms with van der Waals surface area (Å²) in [5.74, 6) is -0.305. The molecule has 0 radical (unpaired) electrons. The summed E-state index contributed by atoms with van der Waals surface area (Å²) in [6.45, 7) is 0.200. The molecule has 0 spiro atoms. The number of nitrogens with zero attached hydrogens (tertiary/aromatic N) is 1. The maximum atomic E-state index is 13.1. The van der Waals surface area contributed by atoms with Crippen molar-refractivity contribution in [2.75, 3.05) is 13.2 Å². The van der Waals surface area contributed by atoms with Crippen LogP contribution in [0.5, 0.6) is 5.75 Å². The molecule has 6 heteroatoms. The molecule has 6 nitrogen and oxygen atoms in total. The highest BCUT2D eigenvalue weighted by Gasteiger charge is 2.42. The summed E-state index contributed by atoms with van der Waals surface area (Å²) in [4.78, 5) is 27.5. The summed E-state index contributed by atoms with van der Waals surface area (Å²) >= 11 is 0. The average Bonchev–Trinajstić information content (AvgIpc) is 2.93. The number of rotatable bonds is 4. The third-order valence-electron chi connectivity index (χ3n) is 4.62. The molecule has 1 atom stereocenters. The van der Waals surface area contributed by atoms with Crippen molar-refractivity contribution in [3.05, 3.63) is 75.6 Å². The van der Waals surface area contributed by atoms with Gasteiger partial charge < -0.3 is 19.5 Å². The molecule has 2 N–H and O–H groups in total. The van der Waals surface area contributed by atoms with E-state index < -0.39 is 6.04 Å². The second kappa shape index (κ2) is 6.31. The Morgan fingerprint density at radius 3 is 2.65 bits per heavy atom. The Morgan fingerprint density at radius 1 is 1.08 bits per heavy atom. The molecule has 2 heterocycles. The Kier molecular flexibility index (Phi) is 3.97. The van der Waals surface area contributed by atoms with Crippen molar-refractivity contribution >= 4 is 16.9 Å². The summed E-state index contributed by atoms with van der Waals surface area (Å²) in [5, 5.41) is 19.4. The van der Waals surface area contributed by atoms with Gasteiger partial charge in [-0.3, -0.25) is 9.59 Å². The van der Waals surface area contributed by atoms with E-state index in [1.165, 1.54) is 17.0 Å². The van der Waals surface area contributed by atoms with Crippen LogP contribution in [0.2, 0.25) is 0 Å². The smallest absolute Gasteiger partial charge is 0.290 e. The first-order valence-corrected chi connectivity index (χ1v) is 8.38. The van der Waals surface area contributed by atoms with E-state index in [1.807, 2.05) is 0 Å². The minimum atomic E-state index is -0.656. The zero-order valence-corrected chi connectivity index (χ0v) is 13.9. The predicted octanol–water partition coefficient (Wildman–Crippen LogP) is 2.43. The van der Waals surface area contributed by atoms with E-state index in [1.54, 1.807) is 36.4 Å². The highest BCUT2D eigenvalue weighted by Crippen LogP contribution is 2.38. The number of benzene rings is 2. The lowest BCUT2D eigenvalue weighted by Gasteiger charge is -2.24. The molecule has 1 aliphatic rings. The van der Waals surface area contributed by atoms with Crippen LogP contribution >= 0.6 is 0 Å². The lowest BCUT2D eigenvalue weighted by atomic mass is 9.98. The Bertz CT molecular complexity index is 1060. The van der Waals surface area contributed by atoms with Crippen LogP contribution in [0.15, 0.2) is 57.7 Å². The largest absolute Gasteiger partial charge is 0.508 e. The molecule has 1 amide bonds. The van der Waals surface area contributed by atoms with E-state index in [0.29, 0.717) is 23.0 Å². The molecule has 3 aromatic rings. The Hall–Kier alpha value is -3.12. The highest BCUT2D eigenvalue weighted by atomic mass is 16.3. The fourth-order valence-electron chi connectivity index (χ4n) is 3.48. The second-order valence-corrected chi connectivity index (χ2v) is 6.24. The number of carbonyl (C=O) groups is 1. The number of aromatic hydroxyl groups is 1. The topological polar surface area (TPSA) is 91.0 Å². The van der Waals surface area contributed by atoms with E-state index >= 15 is 0 Å². The van der Waals surface area contributed by atoms with Gasteiger partial charge in [-0.25, -0.2) is 0 Å². The van der Waals surface area contributed by atoms with Crippen molar-refractivity contribution in [2.24, 2.45) is 0 Å². The molecular formula is C20H17NO5. The van der Waals surface area contributed by atoms with Crippen LogP contribution in [0.3, 0.4) is 0 Å². The van der Waals surface area contributed by atoms with Gasteiger partial charge in [0.25, 0.3) is 5.91 Å². The first-order valence-electron chi connectivity index (χ1n) is 8.38. The predicted molar refractivity (Wildman–Crippen MR) is 95.2 cm³/mol. The van der Waals surface area contributed by atoms with Gasteiger partial charge in [0.05, 0.1) is 17.0 Å². The van der Waals surface area contributed by atoms with E-state index in [0.717, 1.165) is 0 Å². The lowest BCUT2D eigenvalue weighted by Crippen LogP contribution is -2.31. The Balaban J connectivity index is 1.97. The average molecular weight is 351 g/mol. The van der Waals surface area contributed by atoms with Crippen LogP contribution in [0.4, 0.5) is 0 Å². The number of para-hydroxylation sites is 1. The molecule has 0 saturated heterocycles. The first kappa shape index (κ1) is 16.4. The molecule has 0 bridgehead atoms. The quantitative estimate of drug-likeness (QED) is 0.753. The number of carbonyl (C=O) groups excluding carboxylic acids is 1. The van der Waals surface area contributed by atoms with Crippen molar-refractivity contribution in [2.45, 2.75) is 12.5 Å². The summed E-state index contributed by atoms with van der Waals surface area (Å²) in [6, 6.07) is 12.6. The molecule has 1 unspecified atom stereocenters. The summed E-state index contributed by atoms with van der Waals surface area (Å²) in [7, 11) is 0. The van der Waals surface area contributed by atoms with Crippen molar-refractivity contribution in [3.63, 3.8) is 0 Å². The normalized spacial score (nSPS) is 16.3. The zero-order valence-electron chi connectivity index (χ0n) is 13.9. The van der Waals surface area contributed by atoms with Crippen molar-refractivity contribution in [1.82, 2.24) is 4.90 Å². The van der Waals surface area contributed by atoms with Gasteiger partial charge in [-0.2, -0.15) is 0 Å². The number of fused-ring (bicyclic) bond motifs is 2. The van der Waals surface area contributed by atoms with E-state index in [4.69, 9.17) is 4.42 Å². The minimum absolute atomic E-state index is 0.0278. The molecule has 0 fully saturated rings. The van der Waals surface area contributed by atoms with E-state index in [-0.39, 0.29) is 41.6 Å². The molecule has 26 heavy (non-hydrogen) atoms. The fourth-order valence-corrected chi connectivity index (χ4v) is 3.48. The number of aliphatic hydroxyl groups excluding tert-OH is 1. The summed E-state index contributed by atoms with van der Waals surface area (Å²) < 4.78 is 5.77. The SMILES string of the molecule is O=C1c2oc3ccccc3c(=O)c2C(c2cccc(O)c2)N1CCCO. The monoisotopic (exact) mass is 351 g/mol.